The molecule has 2 rings (SSSR count). The molecule has 0 aromatic heterocycles. The first-order valence-corrected chi connectivity index (χ1v) is 6.84. The summed E-state index contributed by atoms with van der Waals surface area (Å²) >= 11 is 0. The highest BCUT2D eigenvalue weighted by atomic mass is 19.1. The number of aromatic hydroxyl groups is 1. The fourth-order valence-electron chi connectivity index (χ4n) is 2.57. The van der Waals surface area contributed by atoms with Crippen LogP contribution in [0.2, 0.25) is 0 Å². The van der Waals surface area contributed by atoms with Crippen LogP contribution >= 0.6 is 0 Å². The number of nitrogens with zero attached hydrogens (tertiary/aromatic N) is 1. The molecule has 19 heavy (non-hydrogen) atoms. The van der Waals surface area contributed by atoms with Crippen molar-refractivity contribution in [1.29, 1.82) is 0 Å². The van der Waals surface area contributed by atoms with Crippen LogP contribution in [-0.4, -0.2) is 35.4 Å². The van der Waals surface area contributed by atoms with Gasteiger partial charge in [0.05, 0.1) is 12.1 Å². The molecule has 1 aromatic rings. The number of phenols is 1. The number of carbonyl (C=O) groups is 1. The Morgan fingerprint density at radius 2 is 2.11 bits per heavy atom. The number of piperidine rings is 1. The minimum Gasteiger partial charge on any atom is -0.507 e. The summed E-state index contributed by atoms with van der Waals surface area (Å²) in [6.45, 7) is 4.25. The summed E-state index contributed by atoms with van der Waals surface area (Å²) in [7, 11) is 0. The fourth-order valence-corrected chi connectivity index (χ4v) is 2.57. The van der Waals surface area contributed by atoms with E-state index in [-0.39, 0.29) is 23.6 Å². The lowest BCUT2D eigenvalue weighted by molar-refractivity contribution is 0.0891. The fraction of sp³-hybridized carbons (Fsp3) is 0.533. The minimum absolute atomic E-state index is 0.0811. The van der Waals surface area contributed by atoms with Crippen molar-refractivity contribution in [3.63, 3.8) is 0 Å². The number of rotatable bonds is 4. The van der Waals surface area contributed by atoms with E-state index in [1.165, 1.54) is 12.5 Å². The molecule has 1 aromatic carbocycles. The van der Waals surface area contributed by atoms with E-state index in [2.05, 4.69) is 11.8 Å². The van der Waals surface area contributed by atoms with Crippen molar-refractivity contribution >= 4 is 5.78 Å². The van der Waals surface area contributed by atoms with Crippen molar-refractivity contribution in [2.45, 2.75) is 26.2 Å². The molecule has 0 unspecified atom stereocenters. The number of phenolic OH excluding ortho intramolecular Hbond substituents is 1. The van der Waals surface area contributed by atoms with E-state index in [0.29, 0.717) is 0 Å². The Morgan fingerprint density at radius 3 is 2.74 bits per heavy atom. The van der Waals surface area contributed by atoms with E-state index in [1.807, 2.05) is 0 Å². The molecular weight excluding hydrogens is 245 g/mol. The van der Waals surface area contributed by atoms with Crippen LogP contribution in [0.25, 0.3) is 0 Å². The van der Waals surface area contributed by atoms with Gasteiger partial charge in [0.2, 0.25) is 0 Å². The summed E-state index contributed by atoms with van der Waals surface area (Å²) in [5.74, 6) is -0.0958. The van der Waals surface area contributed by atoms with Crippen molar-refractivity contribution in [3.8, 4) is 5.75 Å². The second-order valence-electron chi connectivity index (χ2n) is 5.21. The lowest BCUT2D eigenvalue weighted by Crippen LogP contribution is -2.37. The maximum Gasteiger partial charge on any atom is 0.180 e. The lowest BCUT2D eigenvalue weighted by atomic mass is 9.94. The van der Waals surface area contributed by atoms with Gasteiger partial charge < -0.3 is 5.11 Å². The average molecular weight is 265 g/mol. The summed E-state index contributed by atoms with van der Waals surface area (Å²) in [6.07, 6.45) is 3.41. The highest BCUT2D eigenvalue weighted by molar-refractivity contribution is 6.00. The number of Topliss-reactive ketones (excluding diaryl/α,β-unsaturated/α-hetero) is 1. The number of carbonyl (C=O) groups excluding carboxylic acids is 1. The Kier molecular flexibility index (Phi) is 4.53. The smallest absolute Gasteiger partial charge is 0.180 e. The number of hydrogen-bond donors (Lipinski definition) is 1. The van der Waals surface area contributed by atoms with E-state index in [4.69, 9.17) is 0 Å². The molecule has 1 aliphatic rings. The van der Waals surface area contributed by atoms with Gasteiger partial charge in [-0.3, -0.25) is 9.69 Å². The molecule has 1 aliphatic heterocycles. The Balaban J connectivity index is 1.96. The topological polar surface area (TPSA) is 40.5 Å². The van der Waals surface area contributed by atoms with E-state index in [1.54, 1.807) is 0 Å². The van der Waals surface area contributed by atoms with Crippen LogP contribution < -0.4 is 0 Å². The zero-order chi connectivity index (χ0) is 13.8. The molecule has 0 spiro atoms. The normalized spacial score (nSPS) is 17.6. The van der Waals surface area contributed by atoms with E-state index >= 15 is 0 Å². The van der Waals surface area contributed by atoms with Gasteiger partial charge in [0, 0.05) is 0 Å². The van der Waals surface area contributed by atoms with E-state index in [9.17, 15) is 14.3 Å². The third-order valence-electron chi connectivity index (χ3n) is 3.91. The summed E-state index contributed by atoms with van der Waals surface area (Å²) in [5.41, 5.74) is 0.0811. The van der Waals surface area contributed by atoms with Gasteiger partial charge in [0.25, 0.3) is 0 Å². The van der Waals surface area contributed by atoms with Gasteiger partial charge in [-0.15, -0.1) is 0 Å². The molecular formula is C15H20FNO2. The van der Waals surface area contributed by atoms with E-state index in [0.717, 1.165) is 44.0 Å². The first kappa shape index (κ1) is 14.0. The summed E-state index contributed by atoms with van der Waals surface area (Å²) in [6, 6.07) is 3.49. The second kappa shape index (κ2) is 6.15. The van der Waals surface area contributed by atoms with Gasteiger partial charge in [-0.05, 0) is 50.0 Å². The van der Waals surface area contributed by atoms with Gasteiger partial charge in [-0.25, -0.2) is 4.39 Å². The maximum atomic E-state index is 13.1. The Morgan fingerprint density at radius 1 is 1.42 bits per heavy atom. The zero-order valence-electron chi connectivity index (χ0n) is 11.2. The quantitative estimate of drug-likeness (QED) is 0.851. The predicted octanol–water partition coefficient (Wildman–Crippen LogP) is 2.84. The molecule has 4 heteroatoms. The Bertz CT molecular complexity index is 453. The molecule has 0 atom stereocenters. The van der Waals surface area contributed by atoms with Crippen LogP contribution in [0.1, 0.15) is 36.5 Å². The standard InChI is InChI=1S/C15H20FNO2/c1-2-11-5-7-17(8-6-11)10-15(19)13-9-12(16)3-4-14(13)18/h3-4,9,11,18H,2,5-8,10H2,1H3. The minimum atomic E-state index is -0.495. The van der Waals surface area contributed by atoms with Crippen molar-refractivity contribution < 1.29 is 14.3 Å². The third-order valence-corrected chi connectivity index (χ3v) is 3.91. The predicted molar refractivity (Wildman–Crippen MR) is 71.9 cm³/mol. The number of likely N-dealkylation sites (tertiary alicyclic amines) is 1. The van der Waals surface area contributed by atoms with Gasteiger partial charge in [-0.2, -0.15) is 0 Å². The van der Waals surface area contributed by atoms with Gasteiger partial charge in [0.15, 0.2) is 5.78 Å². The largest absolute Gasteiger partial charge is 0.507 e. The second-order valence-corrected chi connectivity index (χ2v) is 5.21. The summed E-state index contributed by atoms with van der Waals surface area (Å²) in [4.78, 5) is 14.2. The molecule has 1 N–H and O–H groups in total. The van der Waals surface area contributed by atoms with Crippen molar-refractivity contribution in [1.82, 2.24) is 4.90 Å². The number of benzene rings is 1. The van der Waals surface area contributed by atoms with Gasteiger partial charge in [0.1, 0.15) is 11.6 Å². The van der Waals surface area contributed by atoms with Gasteiger partial charge in [-0.1, -0.05) is 13.3 Å². The monoisotopic (exact) mass is 265 g/mol. The number of ketones is 1. The molecule has 1 saturated heterocycles. The zero-order valence-corrected chi connectivity index (χ0v) is 11.2. The van der Waals surface area contributed by atoms with E-state index < -0.39 is 5.82 Å². The summed E-state index contributed by atoms with van der Waals surface area (Å²) in [5, 5.41) is 9.61. The van der Waals surface area contributed by atoms with Crippen LogP contribution in [0, 0.1) is 11.7 Å². The molecule has 1 fully saturated rings. The van der Waals surface area contributed by atoms with Crippen LogP contribution in [-0.2, 0) is 0 Å². The van der Waals surface area contributed by atoms with Crippen molar-refractivity contribution in [2.24, 2.45) is 5.92 Å². The first-order valence-electron chi connectivity index (χ1n) is 6.84. The Labute approximate surface area is 113 Å². The lowest BCUT2D eigenvalue weighted by Gasteiger charge is -2.30. The maximum absolute atomic E-state index is 13.1. The molecule has 0 radical (unpaired) electrons. The highest BCUT2D eigenvalue weighted by Crippen LogP contribution is 2.22. The molecule has 1 heterocycles. The molecule has 0 amide bonds. The Hall–Kier alpha value is -1.42. The number of hydrogen-bond acceptors (Lipinski definition) is 3. The number of halogens is 1. The molecule has 104 valence electrons. The molecule has 0 saturated carbocycles. The van der Waals surface area contributed by atoms with Crippen LogP contribution in [0.15, 0.2) is 18.2 Å². The third kappa shape index (κ3) is 3.53. The molecule has 0 bridgehead atoms. The highest BCUT2D eigenvalue weighted by Gasteiger charge is 2.21. The van der Waals surface area contributed by atoms with Crippen molar-refractivity contribution in [2.75, 3.05) is 19.6 Å². The summed E-state index contributed by atoms with van der Waals surface area (Å²) < 4.78 is 13.1. The average Bonchev–Trinajstić information content (AvgIpc) is 2.42. The first-order chi connectivity index (χ1) is 9.10. The van der Waals surface area contributed by atoms with Crippen molar-refractivity contribution in [3.05, 3.63) is 29.6 Å². The SMILES string of the molecule is CCC1CCN(CC(=O)c2cc(F)ccc2O)CC1. The van der Waals surface area contributed by atoms with Crippen LogP contribution in [0.3, 0.4) is 0 Å². The van der Waals surface area contributed by atoms with Gasteiger partial charge >= 0.3 is 0 Å². The molecule has 3 nitrogen and oxygen atoms in total. The van der Waals surface area contributed by atoms with Crippen LogP contribution in [0.5, 0.6) is 5.75 Å². The molecule has 0 aliphatic carbocycles. The van der Waals surface area contributed by atoms with Crippen LogP contribution in [0.4, 0.5) is 4.39 Å².